The zero-order valence-electron chi connectivity index (χ0n) is 17.9. The minimum absolute atomic E-state index is 0.465. The van der Waals surface area contributed by atoms with Gasteiger partial charge in [-0.25, -0.2) is 9.13 Å². The number of rotatable bonds is 9. The third kappa shape index (κ3) is 4.92. The van der Waals surface area contributed by atoms with Crippen molar-refractivity contribution in [3.05, 3.63) is 89.5 Å². The van der Waals surface area contributed by atoms with Crippen molar-refractivity contribution in [2.45, 2.75) is 71.9 Å². The second kappa shape index (κ2) is 9.73. The average Bonchev–Trinajstić information content (AvgIpc) is 3.05. The van der Waals surface area contributed by atoms with Crippen LogP contribution in [0.3, 0.4) is 0 Å². The number of aromatic nitrogens is 2. The summed E-state index contributed by atoms with van der Waals surface area (Å²) in [6, 6.07) is 22.3. The molecule has 0 N–H and O–H groups in total. The molecule has 28 heavy (non-hydrogen) atoms. The molecule has 2 nitrogen and oxygen atoms in total. The van der Waals surface area contributed by atoms with Crippen molar-refractivity contribution in [2.75, 3.05) is 0 Å². The molecule has 1 unspecified atom stereocenters. The molecule has 1 atom stereocenters. The molecule has 2 heteroatoms. The van der Waals surface area contributed by atoms with Crippen molar-refractivity contribution in [1.82, 2.24) is 4.57 Å². The van der Waals surface area contributed by atoms with Gasteiger partial charge in [-0.3, -0.25) is 0 Å². The lowest BCUT2D eigenvalue weighted by atomic mass is 9.96. The van der Waals surface area contributed by atoms with E-state index in [0.29, 0.717) is 12.0 Å². The standard InChI is InChI=1S/C26H35N2/c1-5-6-17-27-25(18-22(4)24-15-11-8-12-16-24)20-28(21(2)3)26(27)19-23-13-9-7-10-14-23/h7-16,20-22H,5-6,17-19H2,1-4H3/q+1. The van der Waals surface area contributed by atoms with Crippen molar-refractivity contribution >= 4 is 0 Å². The summed E-state index contributed by atoms with van der Waals surface area (Å²) in [5.41, 5.74) is 4.27. The topological polar surface area (TPSA) is 8.81 Å². The Hall–Kier alpha value is -2.35. The van der Waals surface area contributed by atoms with Crippen LogP contribution in [0.1, 0.15) is 75.1 Å². The Balaban J connectivity index is 1.97. The van der Waals surface area contributed by atoms with Gasteiger partial charge < -0.3 is 0 Å². The first kappa shape index (κ1) is 20.4. The van der Waals surface area contributed by atoms with Crippen LogP contribution in [0, 0.1) is 0 Å². The molecule has 0 aliphatic rings. The van der Waals surface area contributed by atoms with Gasteiger partial charge in [0, 0.05) is 6.42 Å². The van der Waals surface area contributed by atoms with Gasteiger partial charge in [0.05, 0.1) is 19.0 Å². The molecule has 0 amide bonds. The number of unbranched alkanes of at least 4 members (excludes halogenated alkanes) is 1. The highest BCUT2D eigenvalue weighted by atomic mass is 15.2. The van der Waals surface area contributed by atoms with Gasteiger partial charge in [0.1, 0.15) is 11.9 Å². The molecule has 0 aliphatic carbocycles. The summed E-state index contributed by atoms with van der Waals surface area (Å²) in [4.78, 5) is 0. The molecule has 0 bridgehead atoms. The van der Waals surface area contributed by atoms with Gasteiger partial charge in [0.2, 0.25) is 0 Å². The molecule has 148 valence electrons. The SMILES string of the molecule is CCCC[n+]1c(CC(C)c2ccccc2)cn(C(C)C)c1Cc1ccccc1. The molecule has 0 aliphatic heterocycles. The maximum Gasteiger partial charge on any atom is 0.261 e. The monoisotopic (exact) mass is 375 g/mol. The Labute approximate surface area is 170 Å². The van der Waals surface area contributed by atoms with E-state index in [-0.39, 0.29) is 0 Å². The minimum Gasteiger partial charge on any atom is -0.232 e. The van der Waals surface area contributed by atoms with Gasteiger partial charge >= 0.3 is 0 Å². The lowest BCUT2D eigenvalue weighted by Gasteiger charge is -2.12. The van der Waals surface area contributed by atoms with E-state index in [1.54, 1.807) is 0 Å². The van der Waals surface area contributed by atoms with Crippen molar-refractivity contribution in [3.63, 3.8) is 0 Å². The molecule has 1 heterocycles. The summed E-state index contributed by atoms with van der Waals surface area (Å²) < 4.78 is 5.10. The molecule has 0 saturated carbocycles. The fourth-order valence-electron chi connectivity index (χ4n) is 3.99. The summed E-state index contributed by atoms with van der Waals surface area (Å²) in [6.07, 6.45) is 6.93. The van der Waals surface area contributed by atoms with Crippen LogP contribution < -0.4 is 4.57 Å². The molecule has 0 spiro atoms. The van der Waals surface area contributed by atoms with Gasteiger partial charge in [0.25, 0.3) is 5.82 Å². The van der Waals surface area contributed by atoms with Crippen LogP contribution in [-0.4, -0.2) is 4.57 Å². The fourth-order valence-corrected chi connectivity index (χ4v) is 3.99. The molecule has 0 saturated heterocycles. The summed E-state index contributed by atoms with van der Waals surface area (Å²) in [5, 5.41) is 0. The van der Waals surface area contributed by atoms with Gasteiger partial charge in [-0.2, -0.15) is 0 Å². The lowest BCUT2D eigenvalue weighted by molar-refractivity contribution is -0.710. The van der Waals surface area contributed by atoms with Crippen molar-refractivity contribution < 1.29 is 4.57 Å². The maximum atomic E-state index is 2.61. The first-order valence-electron chi connectivity index (χ1n) is 10.8. The van der Waals surface area contributed by atoms with E-state index >= 15 is 0 Å². The van der Waals surface area contributed by atoms with Crippen LogP contribution in [0.4, 0.5) is 0 Å². The summed E-state index contributed by atoms with van der Waals surface area (Å²) >= 11 is 0. The van der Waals surface area contributed by atoms with E-state index in [4.69, 9.17) is 0 Å². The normalized spacial score (nSPS) is 12.5. The van der Waals surface area contributed by atoms with E-state index in [2.05, 4.69) is 104 Å². The van der Waals surface area contributed by atoms with E-state index in [0.717, 1.165) is 19.4 Å². The quantitative estimate of drug-likeness (QED) is 0.400. The highest BCUT2D eigenvalue weighted by molar-refractivity contribution is 5.21. The first-order chi connectivity index (χ1) is 13.6. The summed E-state index contributed by atoms with van der Waals surface area (Å²) in [5.74, 6) is 1.95. The predicted octanol–water partition coefficient (Wildman–Crippen LogP) is 6.09. The van der Waals surface area contributed by atoms with Crippen LogP contribution >= 0.6 is 0 Å². The third-order valence-corrected chi connectivity index (χ3v) is 5.63. The van der Waals surface area contributed by atoms with Gasteiger partial charge in [-0.1, -0.05) is 80.9 Å². The molecule has 2 aromatic carbocycles. The summed E-state index contributed by atoms with van der Waals surface area (Å²) in [7, 11) is 0. The van der Waals surface area contributed by atoms with Crippen LogP contribution in [0.2, 0.25) is 0 Å². The Morgan fingerprint density at radius 3 is 2.14 bits per heavy atom. The van der Waals surface area contributed by atoms with Gasteiger partial charge in [0.15, 0.2) is 0 Å². The minimum atomic E-state index is 0.465. The first-order valence-corrected chi connectivity index (χ1v) is 10.8. The highest BCUT2D eigenvalue weighted by Gasteiger charge is 2.26. The zero-order valence-corrected chi connectivity index (χ0v) is 17.9. The molecule has 3 rings (SSSR count). The van der Waals surface area contributed by atoms with Gasteiger partial charge in [-0.05, 0) is 37.3 Å². The zero-order chi connectivity index (χ0) is 19.9. The maximum absolute atomic E-state index is 2.61. The van der Waals surface area contributed by atoms with Crippen molar-refractivity contribution in [1.29, 1.82) is 0 Å². The van der Waals surface area contributed by atoms with E-state index < -0.39 is 0 Å². The third-order valence-electron chi connectivity index (χ3n) is 5.63. The lowest BCUT2D eigenvalue weighted by Crippen LogP contribution is -2.41. The number of nitrogens with zero attached hydrogens (tertiary/aromatic N) is 2. The Morgan fingerprint density at radius 2 is 1.54 bits per heavy atom. The Kier molecular flexibility index (Phi) is 7.08. The van der Waals surface area contributed by atoms with Crippen molar-refractivity contribution in [3.8, 4) is 0 Å². The van der Waals surface area contributed by atoms with Crippen LogP contribution in [0.25, 0.3) is 0 Å². The Morgan fingerprint density at radius 1 is 0.893 bits per heavy atom. The number of hydrogen-bond donors (Lipinski definition) is 0. The van der Waals surface area contributed by atoms with Crippen molar-refractivity contribution in [2.24, 2.45) is 0 Å². The largest absolute Gasteiger partial charge is 0.261 e. The molecular weight excluding hydrogens is 340 g/mol. The molecule has 1 aromatic heterocycles. The van der Waals surface area contributed by atoms with E-state index in [1.165, 1.54) is 35.5 Å². The number of imidazole rings is 1. The van der Waals surface area contributed by atoms with Crippen LogP contribution in [-0.2, 0) is 19.4 Å². The average molecular weight is 376 g/mol. The van der Waals surface area contributed by atoms with E-state index in [9.17, 15) is 0 Å². The molecule has 0 radical (unpaired) electrons. The smallest absolute Gasteiger partial charge is 0.232 e. The fraction of sp³-hybridized carbons (Fsp3) is 0.423. The second-order valence-electron chi connectivity index (χ2n) is 8.22. The second-order valence-corrected chi connectivity index (χ2v) is 8.22. The molecular formula is C26H35N2+. The van der Waals surface area contributed by atoms with Crippen LogP contribution in [0.15, 0.2) is 66.9 Å². The number of benzene rings is 2. The Bertz CT molecular complexity index is 847. The van der Waals surface area contributed by atoms with Gasteiger partial charge in [-0.15, -0.1) is 0 Å². The number of hydrogen-bond acceptors (Lipinski definition) is 0. The highest BCUT2D eigenvalue weighted by Crippen LogP contribution is 2.22. The predicted molar refractivity (Wildman–Crippen MR) is 118 cm³/mol. The summed E-state index contributed by atoms with van der Waals surface area (Å²) in [6.45, 7) is 10.3. The van der Waals surface area contributed by atoms with Crippen LogP contribution in [0.5, 0.6) is 0 Å². The molecule has 3 aromatic rings. The van der Waals surface area contributed by atoms with E-state index in [1.807, 2.05) is 0 Å². The molecule has 0 fully saturated rings.